The summed E-state index contributed by atoms with van der Waals surface area (Å²) in [5.74, 6) is 0.832. The van der Waals surface area contributed by atoms with Gasteiger partial charge in [-0.15, -0.1) is 0 Å². The van der Waals surface area contributed by atoms with E-state index in [0.717, 1.165) is 37.6 Å². The normalized spacial score (nSPS) is 11.0. The molecule has 0 unspecified atom stereocenters. The minimum atomic E-state index is 0.544. The zero-order valence-corrected chi connectivity index (χ0v) is 16.1. The van der Waals surface area contributed by atoms with Gasteiger partial charge in [-0.1, -0.05) is 45.7 Å². The number of benzene rings is 3. The van der Waals surface area contributed by atoms with Gasteiger partial charge in [-0.3, -0.25) is 4.99 Å². The average Bonchev–Trinajstić information content (AvgIpc) is 2.63. The van der Waals surface area contributed by atoms with E-state index in [0.29, 0.717) is 6.61 Å². The van der Waals surface area contributed by atoms with Gasteiger partial charge < -0.3 is 4.74 Å². The Labute approximate surface area is 161 Å². The van der Waals surface area contributed by atoms with E-state index in [1.807, 2.05) is 79.9 Å². The van der Waals surface area contributed by atoms with Crippen LogP contribution < -0.4 is 4.74 Å². The van der Waals surface area contributed by atoms with Crippen LogP contribution in [0.25, 0.3) is 0 Å². The van der Waals surface area contributed by atoms with E-state index in [9.17, 15) is 0 Å². The van der Waals surface area contributed by atoms with Crippen LogP contribution in [-0.2, 0) is 6.61 Å². The molecular weight excluding hydrogens is 398 g/mol. The Hall–Kier alpha value is -2.10. The van der Waals surface area contributed by atoms with Crippen LogP contribution in [-0.4, -0.2) is 6.21 Å². The highest BCUT2D eigenvalue weighted by Crippen LogP contribution is 2.22. The Bertz CT molecular complexity index is 873. The number of hydrogen-bond acceptors (Lipinski definition) is 2. The van der Waals surface area contributed by atoms with Gasteiger partial charge in [-0.2, -0.15) is 0 Å². The summed E-state index contributed by atoms with van der Waals surface area (Å²) in [6, 6.07) is 21.7. The molecule has 0 aliphatic carbocycles. The van der Waals surface area contributed by atoms with Crippen molar-refractivity contribution in [1.82, 2.24) is 0 Å². The predicted octanol–water partition coefficient (Wildman–Crippen LogP) is 6.74. The second kappa shape index (κ2) is 8.32. The minimum absolute atomic E-state index is 0.544. The van der Waals surface area contributed by atoms with E-state index in [2.05, 4.69) is 20.9 Å². The maximum atomic E-state index is 6.12. The maximum Gasteiger partial charge on any atom is 0.119 e. The molecule has 0 bridgehead atoms. The SMILES string of the molecule is Cc1ccc(N=Cc2ccc(OCc3ccc(Br)cc3)cc2)cc1Cl. The number of halogens is 2. The van der Waals surface area contributed by atoms with Crippen molar-refractivity contribution in [3.8, 4) is 5.75 Å². The smallest absolute Gasteiger partial charge is 0.119 e. The third kappa shape index (κ3) is 5.18. The van der Waals surface area contributed by atoms with E-state index in [-0.39, 0.29) is 0 Å². The molecule has 0 amide bonds. The van der Waals surface area contributed by atoms with Crippen LogP contribution in [0.3, 0.4) is 0 Å². The summed E-state index contributed by atoms with van der Waals surface area (Å²) in [6.45, 7) is 2.52. The Balaban J connectivity index is 1.60. The lowest BCUT2D eigenvalue weighted by Gasteiger charge is -2.06. The van der Waals surface area contributed by atoms with Gasteiger partial charge >= 0.3 is 0 Å². The second-order valence-corrected chi connectivity index (χ2v) is 7.00. The fourth-order valence-electron chi connectivity index (χ4n) is 2.21. The molecule has 25 heavy (non-hydrogen) atoms. The van der Waals surface area contributed by atoms with Gasteiger partial charge in [0.05, 0.1) is 5.69 Å². The molecule has 2 nitrogen and oxygen atoms in total. The molecule has 0 aliphatic heterocycles. The van der Waals surface area contributed by atoms with Gasteiger partial charge in [0.25, 0.3) is 0 Å². The van der Waals surface area contributed by atoms with Crippen LogP contribution in [0.5, 0.6) is 5.75 Å². The molecular formula is C21H17BrClNO. The zero-order chi connectivity index (χ0) is 17.6. The molecule has 0 radical (unpaired) electrons. The Morgan fingerprint density at radius 2 is 1.72 bits per heavy atom. The highest BCUT2D eigenvalue weighted by molar-refractivity contribution is 9.10. The summed E-state index contributed by atoms with van der Waals surface area (Å²) in [4.78, 5) is 4.46. The van der Waals surface area contributed by atoms with Crippen molar-refractivity contribution in [2.24, 2.45) is 4.99 Å². The maximum absolute atomic E-state index is 6.12. The van der Waals surface area contributed by atoms with Crippen LogP contribution in [0.2, 0.25) is 5.02 Å². The second-order valence-electron chi connectivity index (χ2n) is 5.68. The van der Waals surface area contributed by atoms with E-state index >= 15 is 0 Å². The summed E-state index contributed by atoms with van der Waals surface area (Å²) >= 11 is 9.55. The minimum Gasteiger partial charge on any atom is -0.489 e. The summed E-state index contributed by atoms with van der Waals surface area (Å²) in [7, 11) is 0. The molecule has 126 valence electrons. The Morgan fingerprint density at radius 3 is 2.40 bits per heavy atom. The van der Waals surface area contributed by atoms with Crippen molar-refractivity contribution in [3.05, 3.63) is 92.9 Å². The van der Waals surface area contributed by atoms with Crippen molar-refractivity contribution >= 4 is 39.4 Å². The van der Waals surface area contributed by atoms with Crippen molar-refractivity contribution in [2.75, 3.05) is 0 Å². The first-order valence-electron chi connectivity index (χ1n) is 7.88. The topological polar surface area (TPSA) is 21.6 Å². The number of aryl methyl sites for hydroxylation is 1. The standard InChI is InChI=1S/C21H17BrClNO/c1-15-2-9-19(12-21(15)23)24-13-16-5-10-20(11-6-16)25-14-17-3-7-18(22)8-4-17/h2-13H,14H2,1H3. The first-order valence-corrected chi connectivity index (χ1v) is 9.05. The predicted molar refractivity (Wildman–Crippen MR) is 108 cm³/mol. The number of ether oxygens (including phenoxy) is 1. The quantitative estimate of drug-likeness (QED) is 0.424. The molecule has 0 aromatic heterocycles. The summed E-state index contributed by atoms with van der Waals surface area (Å²) in [5.41, 5.74) is 4.02. The van der Waals surface area contributed by atoms with Gasteiger partial charge in [-0.25, -0.2) is 0 Å². The number of nitrogens with zero attached hydrogens (tertiary/aromatic N) is 1. The molecule has 0 N–H and O–H groups in total. The molecule has 4 heteroatoms. The van der Waals surface area contributed by atoms with Gasteiger partial charge in [0.1, 0.15) is 12.4 Å². The lowest BCUT2D eigenvalue weighted by atomic mass is 10.2. The molecule has 0 saturated carbocycles. The fourth-order valence-corrected chi connectivity index (χ4v) is 2.65. The molecule has 0 aliphatic rings. The van der Waals surface area contributed by atoms with E-state index in [1.165, 1.54) is 0 Å². The van der Waals surface area contributed by atoms with Crippen molar-refractivity contribution < 1.29 is 4.74 Å². The molecule has 0 fully saturated rings. The number of hydrogen-bond donors (Lipinski definition) is 0. The summed E-state index contributed by atoms with van der Waals surface area (Å²) in [6.07, 6.45) is 1.82. The molecule has 0 atom stereocenters. The van der Waals surface area contributed by atoms with Crippen LogP contribution in [0.15, 0.2) is 76.2 Å². The fraction of sp³-hybridized carbons (Fsp3) is 0.0952. The Kier molecular flexibility index (Phi) is 5.90. The summed E-state index contributed by atoms with van der Waals surface area (Å²) < 4.78 is 6.87. The zero-order valence-electron chi connectivity index (χ0n) is 13.7. The van der Waals surface area contributed by atoms with Crippen LogP contribution >= 0.6 is 27.5 Å². The van der Waals surface area contributed by atoms with Gasteiger partial charge in [-0.05, 0) is 72.1 Å². The molecule has 0 saturated heterocycles. The Morgan fingerprint density at radius 1 is 1.00 bits per heavy atom. The number of rotatable bonds is 5. The molecule has 3 aromatic rings. The number of aliphatic imine (C=N–C) groups is 1. The van der Waals surface area contributed by atoms with E-state index in [4.69, 9.17) is 16.3 Å². The lowest BCUT2D eigenvalue weighted by Crippen LogP contribution is -1.95. The monoisotopic (exact) mass is 413 g/mol. The molecule has 3 rings (SSSR count). The van der Waals surface area contributed by atoms with E-state index in [1.54, 1.807) is 0 Å². The molecule has 3 aromatic carbocycles. The van der Waals surface area contributed by atoms with Crippen molar-refractivity contribution in [2.45, 2.75) is 13.5 Å². The molecule has 0 spiro atoms. The van der Waals surface area contributed by atoms with E-state index < -0.39 is 0 Å². The highest BCUT2D eigenvalue weighted by Gasteiger charge is 1.98. The summed E-state index contributed by atoms with van der Waals surface area (Å²) in [5, 5.41) is 0.728. The van der Waals surface area contributed by atoms with Crippen LogP contribution in [0, 0.1) is 6.92 Å². The van der Waals surface area contributed by atoms with Crippen molar-refractivity contribution in [1.29, 1.82) is 0 Å². The van der Waals surface area contributed by atoms with Crippen LogP contribution in [0.4, 0.5) is 5.69 Å². The largest absolute Gasteiger partial charge is 0.489 e. The first kappa shape index (κ1) is 17.7. The highest BCUT2D eigenvalue weighted by atomic mass is 79.9. The lowest BCUT2D eigenvalue weighted by molar-refractivity contribution is 0.306. The third-order valence-electron chi connectivity index (χ3n) is 3.72. The van der Waals surface area contributed by atoms with Gasteiger partial charge in [0.2, 0.25) is 0 Å². The third-order valence-corrected chi connectivity index (χ3v) is 4.65. The first-order chi connectivity index (χ1) is 12.1. The van der Waals surface area contributed by atoms with Gasteiger partial charge in [0.15, 0.2) is 0 Å². The average molecular weight is 415 g/mol. The van der Waals surface area contributed by atoms with Gasteiger partial charge in [0, 0.05) is 15.7 Å². The van der Waals surface area contributed by atoms with Crippen molar-refractivity contribution in [3.63, 3.8) is 0 Å². The van der Waals surface area contributed by atoms with Crippen LogP contribution in [0.1, 0.15) is 16.7 Å². The molecule has 0 heterocycles.